The largest absolute Gasteiger partial charge is 0.393 e. The van der Waals surface area contributed by atoms with Gasteiger partial charge in [0.15, 0.2) is 0 Å². The molecule has 0 aliphatic carbocycles. The number of hydrogen-bond acceptors (Lipinski definition) is 3. The molecule has 1 heterocycles. The van der Waals surface area contributed by atoms with Gasteiger partial charge < -0.3 is 14.9 Å². The minimum Gasteiger partial charge on any atom is -0.393 e. The predicted octanol–water partition coefficient (Wildman–Crippen LogP) is -0.872. The van der Waals surface area contributed by atoms with Gasteiger partial charge in [0.1, 0.15) is 5.60 Å². The third-order valence-electron chi connectivity index (χ3n) is 1.63. The Bertz CT molecular complexity index is 82.2. The highest BCUT2D eigenvalue weighted by molar-refractivity contribution is 4.99. The molecule has 8 heavy (non-hydrogen) atoms. The van der Waals surface area contributed by atoms with Crippen LogP contribution in [0.15, 0.2) is 0 Å². The minimum absolute atomic E-state index is 0.0255. The molecular formula is C5H10O3. The highest BCUT2D eigenvalue weighted by Crippen LogP contribution is 2.34. The van der Waals surface area contributed by atoms with Crippen molar-refractivity contribution >= 4 is 0 Å². The first-order chi connectivity index (χ1) is 3.75. The summed E-state index contributed by atoms with van der Waals surface area (Å²) < 4.78 is 4.90. The molecule has 0 amide bonds. The molecule has 3 nitrogen and oxygen atoms in total. The summed E-state index contributed by atoms with van der Waals surface area (Å²) in [6, 6.07) is 0. The maximum atomic E-state index is 8.54. The Morgan fingerprint density at radius 2 is 1.88 bits per heavy atom. The van der Waals surface area contributed by atoms with Crippen LogP contribution in [0.1, 0.15) is 6.92 Å². The summed E-state index contributed by atoms with van der Waals surface area (Å²) in [7, 11) is 0. The van der Waals surface area contributed by atoms with Crippen molar-refractivity contribution < 1.29 is 14.9 Å². The van der Waals surface area contributed by atoms with Crippen molar-refractivity contribution in [1.29, 1.82) is 0 Å². The van der Waals surface area contributed by atoms with E-state index in [1.54, 1.807) is 0 Å². The Hall–Kier alpha value is -0.120. The molecule has 48 valence electrons. The minimum atomic E-state index is -0.597. The lowest BCUT2D eigenvalue weighted by atomic mass is 10.1. The molecular weight excluding hydrogens is 108 g/mol. The van der Waals surface area contributed by atoms with E-state index >= 15 is 0 Å². The van der Waals surface area contributed by atoms with Crippen LogP contribution in [0, 0.1) is 0 Å². The van der Waals surface area contributed by atoms with Crippen LogP contribution in [-0.4, -0.2) is 35.1 Å². The van der Waals surface area contributed by atoms with Gasteiger partial charge in [-0.25, -0.2) is 0 Å². The van der Waals surface area contributed by atoms with Crippen LogP contribution in [0.25, 0.3) is 0 Å². The fourth-order valence-electron chi connectivity index (χ4n) is 0.700. The van der Waals surface area contributed by atoms with Crippen molar-refractivity contribution in [2.24, 2.45) is 0 Å². The van der Waals surface area contributed by atoms with E-state index in [0.717, 1.165) is 0 Å². The zero-order valence-corrected chi connectivity index (χ0v) is 4.79. The molecule has 0 aromatic carbocycles. The number of epoxide rings is 1. The van der Waals surface area contributed by atoms with E-state index in [1.807, 2.05) is 6.92 Å². The lowest BCUT2D eigenvalue weighted by Crippen LogP contribution is -2.23. The summed E-state index contributed by atoms with van der Waals surface area (Å²) in [4.78, 5) is 0. The van der Waals surface area contributed by atoms with Gasteiger partial charge in [-0.05, 0) is 6.92 Å². The summed E-state index contributed by atoms with van der Waals surface area (Å²) >= 11 is 0. The van der Waals surface area contributed by atoms with Crippen LogP contribution in [0.5, 0.6) is 0 Å². The van der Waals surface area contributed by atoms with E-state index < -0.39 is 5.60 Å². The van der Waals surface area contributed by atoms with Crippen molar-refractivity contribution in [2.45, 2.75) is 18.6 Å². The summed E-state index contributed by atoms with van der Waals surface area (Å²) in [6.07, 6.45) is 0.0255. The Morgan fingerprint density at radius 3 is 1.88 bits per heavy atom. The average molecular weight is 118 g/mol. The summed E-state index contributed by atoms with van der Waals surface area (Å²) in [5.41, 5.74) is -0.597. The topological polar surface area (TPSA) is 53.0 Å². The van der Waals surface area contributed by atoms with Crippen molar-refractivity contribution in [3.8, 4) is 0 Å². The molecule has 1 saturated heterocycles. The average Bonchev–Trinajstić information content (AvgIpc) is 2.43. The van der Waals surface area contributed by atoms with Crippen LogP contribution < -0.4 is 0 Å². The van der Waals surface area contributed by atoms with Crippen molar-refractivity contribution in [1.82, 2.24) is 0 Å². The molecule has 0 saturated carbocycles. The van der Waals surface area contributed by atoms with Gasteiger partial charge in [0, 0.05) is 0 Å². The first-order valence-corrected chi connectivity index (χ1v) is 2.65. The fourth-order valence-corrected chi connectivity index (χ4v) is 0.700. The zero-order valence-electron chi connectivity index (χ0n) is 4.79. The molecule has 2 N–H and O–H groups in total. The number of hydrogen-bond donors (Lipinski definition) is 2. The maximum absolute atomic E-state index is 8.54. The van der Waals surface area contributed by atoms with E-state index in [-0.39, 0.29) is 19.3 Å². The Labute approximate surface area is 47.9 Å². The highest BCUT2D eigenvalue weighted by Gasteiger charge is 2.52. The summed E-state index contributed by atoms with van der Waals surface area (Å²) in [6.45, 7) is 1.67. The smallest absolute Gasteiger partial charge is 0.140 e. The first-order valence-electron chi connectivity index (χ1n) is 2.65. The molecule has 1 fully saturated rings. The standard InChI is InChI=1S/C5H10O3/c1-4-5(2-6,3-7)8-4/h4,6-7H,2-3H2,1H3. The number of ether oxygens (including phenoxy) is 1. The molecule has 0 aromatic heterocycles. The molecule has 0 bridgehead atoms. The SMILES string of the molecule is CC1OC1(CO)CO. The van der Waals surface area contributed by atoms with Gasteiger partial charge >= 0.3 is 0 Å². The van der Waals surface area contributed by atoms with Crippen molar-refractivity contribution in [2.75, 3.05) is 13.2 Å². The van der Waals surface area contributed by atoms with Crippen LogP contribution in [0.2, 0.25) is 0 Å². The maximum Gasteiger partial charge on any atom is 0.140 e. The molecule has 0 radical (unpaired) electrons. The Morgan fingerprint density at radius 1 is 1.50 bits per heavy atom. The van der Waals surface area contributed by atoms with Gasteiger partial charge in [0.2, 0.25) is 0 Å². The molecule has 1 rings (SSSR count). The third kappa shape index (κ3) is 0.632. The van der Waals surface area contributed by atoms with E-state index in [4.69, 9.17) is 14.9 Å². The van der Waals surface area contributed by atoms with Crippen LogP contribution in [0.4, 0.5) is 0 Å². The number of aliphatic hydroxyl groups excluding tert-OH is 2. The predicted molar refractivity (Wildman–Crippen MR) is 27.4 cm³/mol. The van der Waals surface area contributed by atoms with Gasteiger partial charge in [-0.2, -0.15) is 0 Å². The molecule has 3 heteroatoms. The van der Waals surface area contributed by atoms with Crippen molar-refractivity contribution in [3.63, 3.8) is 0 Å². The molecule has 0 aromatic rings. The summed E-state index contributed by atoms with van der Waals surface area (Å²) in [5.74, 6) is 0. The second-order valence-corrected chi connectivity index (χ2v) is 2.14. The van der Waals surface area contributed by atoms with E-state index in [1.165, 1.54) is 0 Å². The second kappa shape index (κ2) is 1.69. The highest BCUT2D eigenvalue weighted by atomic mass is 16.6. The van der Waals surface area contributed by atoms with E-state index in [9.17, 15) is 0 Å². The molecule has 1 aliphatic heterocycles. The van der Waals surface area contributed by atoms with Crippen LogP contribution >= 0.6 is 0 Å². The van der Waals surface area contributed by atoms with E-state index in [0.29, 0.717) is 0 Å². The summed E-state index contributed by atoms with van der Waals surface area (Å²) in [5, 5.41) is 17.1. The van der Waals surface area contributed by atoms with Crippen LogP contribution in [0.3, 0.4) is 0 Å². The lowest BCUT2D eigenvalue weighted by Gasteiger charge is -2.00. The van der Waals surface area contributed by atoms with Crippen molar-refractivity contribution in [3.05, 3.63) is 0 Å². The molecule has 1 atom stereocenters. The number of rotatable bonds is 2. The van der Waals surface area contributed by atoms with Gasteiger partial charge in [-0.1, -0.05) is 0 Å². The fraction of sp³-hybridized carbons (Fsp3) is 1.00. The number of aliphatic hydroxyl groups is 2. The normalized spacial score (nSPS) is 32.6. The second-order valence-electron chi connectivity index (χ2n) is 2.14. The Balaban J connectivity index is 2.39. The third-order valence-corrected chi connectivity index (χ3v) is 1.63. The van der Waals surface area contributed by atoms with Gasteiger partial charge in [-0.3, -0.25) is 0 Å². The van der Waals surface area contributed by atoms with Gasteiger partial charge in [0.25, 0.3) is 0 Å². The van der Waals surface area contributed by atoms with Crippen LogP contribution in [-0.2, 0) is 4.74 Å². The first kappa shape index (κ1) is 6.01. The quantitative estimate of drug-likeness (QED) is 0.463. The van der Waals surface area contributed by atoms with E-state index in [2.05, 4.69) is 0 Å². The lowest BCUT2D eigenvalue weighted by molar-refractivity contribution is 0.108. The molecule has 0 spiro atoms. The van der Waals surface area contributed by atoms with Gasteiger partial charge in [0.05, 0.1) is 19.3 Å². The Kier molecular flexibility index (Phi) is 1.27. The monoisotopic (exact) mass is 118 g/mol. The molecule has 1 aliphatic rings. The zero-order chi connectivity index (χ0) is 6.20. The molecule has 1 unspecified atom stereocenters. The van der Waals surface area contributed by atoms with Gasteiger partial charge in [-0.15, -0.1) is 0 Å².